The van der Waals surface area contributed by atoms with E-state index in [0.29, 0.717) is 22.8 Å². The summed E-state index contributed by atoms with van der Waals surface area (Å²) in [6.07, 6.45) is 0. The smallest absolute Gasteiger partial charge is 0.257 e. The minimum Gasteiger partial charge on any atom is -0.352 e. The number of carbonyl (C=O) groups excluding carboxylic acids is 2. The summed E-state index contributed by atoms with van der Waals surface area (Å²) in [5.74, 6) is -0.583. The number of carbonyl (C=O) groups is 2. The van der Waals surface area contributed by atoms with E-state index in [1.165, 1.54) is 0 Å². The van der Waals surface area contributed by atoms with Crippen LogP contribution in [0.1, 0.15) is 27.6 Å². The van der Waals surface area contributed by atoms with Crippen LogP contribution in [0.4, 0.5) is 5.69 Å². The summed E-state index contributed by atoms with van der Waals surface area (Å²) in [6, 6.07) is 11.5. The van der Waals surface area contributed by atoms with E-state index in [-0.39, 0.29) is 22.4 Å². The van der Waals surface area contributed by atoms with Crippen molar-refractivity contribution in [2.24, 2.45) is 0 Å². The Kier molecular flexibility index (Phi) is 5.41. The van der Waals surface area contributed by atoms with Crippen LogP contribution in [0, 0.1) is 0 Å². The Labute approximate surface area is 138 Å². The second-order valence-electron chi connectivity index (χ2n) is 4.50. The molecule has 0 aliphatic rings. The molecule has 0 heterocycles. The summed E-state index contributed by atoms with van der Waals surface area (Å²) in [7, 11) is 0. The molecule has 0 aromatic heterocycles. The van der Waals surface area contributed by atoms with Gasteiger partial charge in [-0.15, -0.1) is 0 Å². The van der Waals surface area contributed by atoms with Crippen molar-refractivity contribution in [3.05, 3.63) is 63.6 Å². The Bertz CT molecular complexity index is 717. The Morgan fingerprint density at radius 2 is 1.77 bits per heavy atom. The van der Waals surface area contributed by atoms with Gasteiger partial charge in [0.15, 0.2) is 0 Å². The molecule has 4 nitrogen and oxygen atoms in total. The molecule has 2 amide bonds. The summed E-state index contributed by atoms with van der Waals surface area (Å²) in [6.45, 7) is 2.37. The third-order valence-corrected chi connectivity index (χ3v) is 3.74. The number of nitrogens with one attached hydrogen (secondary N) is 2. The highest BCUT2D eigenvalue weighted by molar-refractivity contribution is 6.44. The molecule has 0 radical (unpaired) electrons. The van der Waals surface area contributed by atoms with Crippen molar-refractivity contribution < 1.29 is 9.59 Å². The van der Waals surface area contributed by atoms with Crippen LogP contribution in [0.15, 0.2) is 42.5 Å². The molecule has 2 rings (SSSR count). The summed E-state index contributed by atoms with van der Waals surface area (Å²) in [5, 5.41) is 5.91. The molecule has 22 heavy (non-hydrogen) atoms. The van der Waals surface area contributed by atoms with Crippen LogP contribution in [-0.2, 0) is 0 Å². The van der Waals surface area contributed by atoms with Gasteiger partial charge in [-0.25, -0.2) is 0 Å². The molecule has 0 spiro atoms. The van der Waals surface area contributed by atoms with Crippen LogP contribution in [-0.4, -0.2) is 18.4 Å². The average molecular weight is 337 g/mol. The fraction of sp³-hybridized carbons (Fsp3) is 0.125. The lowest BCUT2D eigenvalue weighted by Gasteiger charge is -2.09. The summed E-state index contributed by atoms with van der Waals surface area (Å²) < 4.78 is 0. The van der Waals surface area contributed by atoms with Crippen LogP contribution in [0.2, 0.25) is 10.0 Å². The molecule has 0 unspecified atom stereocenters. The maximum Gasteiger partial charge on any atom is 0.257 e. The molecule has 2 aromatic rings. The van der Waals surface area contributed by atoms with Gasteiger partial charge in [-0.1, -0.05) is 35.3 Å². The molecule has 0 bridgehead atoms. The van der Waals surface area contributed by atoms with Gasteiger partial charge < -0.3 is 10.6 Å². The SMILES string of the molecule is CCNC(=O)c1cccc(NC(=O)c2cccc(Cl)c2Cl)c1. The van der Waals surface area contributed by atoms with Crippen LogP contribution in [0.5, 0.6) is 0 Å². The zero-order valence-electron chi connectivity index (χ0n) is 11.8. The molecular weight excluding hydrogens is 323 g/mol. The monoisotopic (exact) mass is 336 g/mol. The number of hydrogen-bond donors (Lipinski definition) is 2. The topological polar surface area (TPSA) is 58.2 Å². The molecule has 0 fully saturated rings. The van der Waals surface area contributed by atoms with E-state index in [0.717, 1.165) is 0 Å². The predicted molar refractivity (Wildman–Crippen MR) is 88.9 cm³/mol. The largest absolute Gasteiger partial charge is 0.352 e. The first-order valence-corrected chi connectivity index (χ1v) is 7.42. The second-order valence-corrected chi connectivity index (χ2v) is 5.28. The predicted octanol–water partition coefficient (Wildman–Crippen LogP) is 4.00. The van der Waals surface area contributed by atoms with Gasteiger partial charge in [-0.3, -0.25) is 9.59 Å². The Hall–Kier alpha value is -2.04. The van der Waals surface area contributed by atoms with Crippen LogP contribution in [0.3, 0.4) is 0 Å². The van der Waals surface area contributed by atoms with E-state index in [4.69, 9.17) is 23.2 Å². The molecular formula is C16H14Cl2N2O2. The fourth-order valence-corrected chi connectivity index (χ4v) is 2.26. The molecule has 6 heteroatoms. The Balaban J connectivity index is 2.20. The third kappa shape index (κ3) is 3.78. The average Bonchev–Trinajstić information content (AvgIpc) is 2.50. The van der Waals surface area contributed by atoms with Gasteiger partial charge in [0, 0.05) is 17.8 Å². The van der Waals surface area contributed by atoms with Crippen molar-refractivity contribution in [3.63, 3.8) is 0 Å². The molecule has 0 saturated heterocycles. The van der Waals surface area contributed by atoms with Gasteiger partial charge in [0.25, 0.3) is 11.8 Å². The molecule has 0 aliphatic carbocycles. The van der Waals surface area contributed by atoms with E-state index < -0.39 is 0 Å². The standard InChI is InChI=1S/C16H14Cl2N2O2/c1-2-19-15(21)10-5-3-6-11(9-10)20-16(22)12-7-4-8-13(17)14(12)18/h3-9H,2H2,1H3,(H,19,21)(H,20,22). The fourth-order valence-electron chi connectivity index (χ4n) is 1.88. The number of rotatable bonds is 4. The van der Waals surface area contributed by atoms with Crippen molar-refractivity contribution in [1.82, 2.24) is 5.32 Å². The molecule has 2 aromatic carbocycles. The maximum absolute atomic E-state index is 12.2. The normalized spacial score (nSPS) is 10.1. The summed E-state index contributed by atoms with van der Waals surface area (Å²) in [5.41, 5.74) is 1.25. The van der Waals surface area contributed by atoms with Crippen molar-refractivity contribution in [3.8, 4) is 0 Å². The van der Waals surface area contributed by atoms with E-state index >= 15 is 0 Å². The first-order valence-electron chi connectivity index (χ1n) is 6.66. The molecule has 0 aliphatic heterocycles. The minimum atomic E-state index is -0.388. The quantitative estimate of drug-likeness (QED) is 0.886. The Morgan fingerprint density at radius 3 is 2.50 bits per heavy atom. The van der Waals surface area contributed by atoms with Crippen molar-refractivity contribution in [1.29, 1.82) is 0 Å². The summed E-state index contributed by atoms with van der Waals surface area (Å²) >= 11 is 11.9. The molecule has 0 saturated carbocycles. The summed E-state index contributed by atoms with van der Waals surface area (Å²) in [4.78, 5) is 24.0. The van der Waals surface area contributed by atoms with E-state index in [1.807, 2.05) is 6.92 Å². The zero-order valence-corrected chi connectivity index (χ0v) is 13.3. The highest BCUT2D eigenvalue weighted by atomic mass is 35.5. The molecule has 114 valence electrons. The van der Waals surface area contributed by atoms with E-state index in [9.17, 15) is 9.59 Å². The van der Waals surface area contributed by atoms with Gasteiger partial charge in [-0.05, 0) is 37.3 Å². The van der Waals surface area contributed by atoms with Crippen molar-refractivity contribution in [2.45, 2.75) is 6.92 Å². The van der Waals surface area contributed by atoms with Crippen LogP contribution < -0.4 is 10.6 Å². The maximum atomic E-state index is 12.2. The lowest BCUT2D eigenvalue weighted by Crippen LogP contribution is -2.22. The lowest BCUT2D eigenvalue weighted by molar-refractivity contribution is 0.0954. The van der Waals surface area contributed by atoms with Gasteiger partial charge in [0.05, 0.1) is 15.6 Å². The Morgan fingerprint density at radius 1 is 1.05 bits per heavy atom. The van der Waals surface area contributed by atoms with E-state index in [1.54, 1.807) is 42.5 Å². The van der Waals surface area contributed by atoms with Gasteiger partial charge in [-0.2, -0.15) is 0 Å². The number of amides is 2. The number of anilines is 1. The van der Waals surface area contributed by atoms with Crippen molar-refractivity contribution in [2.75, 3.05) is 11.9 Å². The number of benzene rings is 2. The highest BCUT2D eigenvalue weighted by Crippen LogP contribution is 2.26. The molecule has 0 atom stereocenters. The number of halogens is 2. The van der Waals surface area contributed by atoms with Crippen LogP contribution in [0.25, 0.3) is 0 Å². The van der Waals surface area contributed by atoms with Gasteiger partial charge in [0.1, 0.15) is 0 Å². The van der Waals surface area contributed by atoms with Crippen LogP contribution >= 0.6 is 23.2 Å². The van der Waals surface area contributed by atoms with Gasteiger partial charge in [0.2, 0.25) is 0 Å². The minimum absolute atomic E-state index is 0.195. The highest BCUT2D eigenvalue weighted by Gasteiger charge is 2.13. The first-order chi connectivity index (χ1) is 10.5. The molecule has 2 N–H and O–H groups in total. The second kappa shape index (κ2) is 7.29. The van der Waals surface area contributed by atoms with Crippen molar-refractivity contribution >= 4 is 40.7 Å². The van der Waals surface area contributed by atoms with E-state index in [2.05, 4.69) is 10.6 Å². The first kappa shape index (κ1) is 16.3. The zero-order chi connectivity index (χ0) is 16.1. The third-order valence-electron chi connectivity index (χ3n) is 2.92. The number of hydrogen-bond acceptors (Lipinski definition) is 2. The van der Waals surface area contributed by atoms with Gasteiger partial charge >= 0.3 is 0 Å². The lowest BCUT2D eigenvalue weighted by atomic mass is 10.1.